The van der Waals surface area contributed by atoms with E-state index in [1.165, 1.54) is 0 Å². The van der Waals surface area contributed by atoms with E-state index in [4.69, 9.17) is 11.6 Å². The number of amides is 2. The minimum atomic E-state index is -3.18. The summed E-state index contributed by atoms with van der Waals surface area (Å²) >= 11 is 5.83. The Bertz CT molecular complexity index is 1130. The van der Waals surface area contributed by atoms with Crippen LogP contribution >= 0.6 is 11.6 Å². The number of halogens is 3. The minimum absolute atomic E-state index is 0.111. The second kappa shape index (κ2) is 9.00. The molecule has 0 aliphatic carbocycles. The summed E-state index contributed by atoms with van der Waals surface area (Å²) in [4.78, 5) is 35.0. The Morgan fingerprint density at radius 3 is 2.50 bits per heavy atom. The van der Waals surface area contributed by atoms with Crippen molar-refractivity contribution in [2.24, 2.45) is 5.92 Å². The van der Waals surface area contributed by atoms with Crippen molar-refractivity contribution < 1.29 is 18.4 Å². The van der Waals surface area contributed by atoms with Crippen LogP contribution in [0.1, 0.15) is 16.8 Å². The van der Waals surface area contributed by atoms with Gasteiger partial charge in [-0.15, -0.1) is 0 Å². The van der Waals surface area contributed by atoms with Crippen LogP contribution in [0.5, 0.6) is 0 Å². The normalized spacial score (nSPS) is 17.6. The van der Waals surface area contributed by atoms with Gasteiger partial charge in [-0.1, -0.05) is 23.7 Å². The van der Waals surface area contributed by atoms with Crippen molar-refractivity contribution in [1.82, 2.24) is 14.9 Å². The average molecular weight is 457 g/mol. The number of rotatable bonds is 4. The molecule has 164 valence electrons. The Kier molecular flexibility index (Phi) is 6.14. The first-order valence-corrected chi connectivity index (χ1v) is 10.3. The molecular weight excluding hydrogens is 438 g/mol. The van der Waals surface area contributed by atoms with E-state index < -0.39 is 36.6 Å². The van der Waals surface area contributed by atoms with Gasteiger partial charge in [0.15, 0.2) is 5.82 Å². The molecule has 32 heavy (non-hydrogen) atoms. The van der Waals surface area contributed by atoms with Crippen LogP contribution in [-0.4, -0.2) is 45.7 Å². The number of nitrogens with one attached hydrogen (secondary N) is 1. The number of hydrogen-bond acceptors (Lipinski definition) is 4. The zero-order valence-corrected chi connectivity index (χ0v) is 17.6. The largest absolute Gasteiger partial charge is 0.332 e. The highest BCUT2D eigenvalue weighted by atomic mass is 35.5. The highest BCUT2D eigenvalue weighted by Gasteiger charge is 2.44. The predicted molar refractivity (Wildman–Crippen MR) is 117 cm³/mol. The number of carbonyl (C=O) groups excluding carboxylic acids is 2. The Hall–Kier alpha value is -3.39. The van der Waals surface area contributed by atoms with Crippen LogP contribution in [-0.2, 0) is 4.79 Å². The maximum atomic E-state index is 14.5. The zero-order chi connectivity index (χ0) is 22.7. The molecule has 1 fully saturated rings. The molecule has 0 bridgehead atoms. The van der Waals surface area contributed by atoms with Gasteiger partial charge in [0.25, 0.3) is 11.8 Å². The van der Waals surface area contributed by atoms with E-state index >= 15 is 0 Å². The van der Waals surface area contributed by atoms with E-state index in [0.29, 0.717) is 22.1 Å². The number of anilines is 1. The summed E-state index contributed by atoms with van der Waals surface area (Å²) in [6.07, 6.45) is 2.52. The third-order valence-corrected chi connectivity index (χ3v) is 5.36. The SMILES string of the molecule is O=C(Nc1ccc(Cl)cc1)C1CN(C(=O)c2cccc(-c3ncccn3)c2)CC(F)(F)C1. The number of hydrogen-bond donors (Lipinski definition) is 1. The lowest BCUT2D eigenvalue weighted by molar-refractivity contribution is -0.130. The van der Waals surface area contributed by atoms with E-state index in [1.807, 2.05) is 0 Å². The Balaban J connectivity index is 1.52. The molecule has 1 aliphatic heterocycles. The summed E-state index contributed by atoms with van der Waals surface area (Å²) in [7, 11) is 0. The van der Waals surface area contributed by atoms with Crippen LogP contribution in [0.25, 0.3) is 11.4 Å². The predicted octanol–water partition coefficient (Wildman–Crippen LogP) is 4.53. The third kappa shape index (κ3) is 5.08. The number of carbonyl (C=O) groups is 2. The van der Waals surface area contributed by atoms with Crippen LogP contribution < -0.4 is 5.32 Å². The number of alkyl halides is 2. The molecule has 4 rings (SSSR count). The highest BCUT2D eigenvalue weighted by Crippen LogP contribution is 2.32. The standard InChI is InChI=1S/C23H19ClF2N4O2/c24-18-5-7-19(8-6-18)29-21(31)17-12-23(25,26)14-30(13-17)22(32)16-4-1-3-15(11-16)20-27-9-2-10-28-20/h1-11,17H,12-14H2,(H,29,31). The lowest BCUT2D eigenvalue weighted by Crippen LogP contribution is -2.52. The Labute approximate surface area is 188 Å². The lowest BCUT2D eigenvalue weighted by Gasteiger charge is -2.37. The maximum Gasteiger partial charge on any atom is 0.266 e. The third-order valence-electron chi connectivity index (χ3n) is 5.11. The summed E-state index contributed by atoms with van der Waals surface area (Å²) in [5, 5.41) is 3.11. The molecule has 2 aromatic carbocycles. The van der Waals surface area contributed by atoms with Crippen molar-refractivity contribution in [2.75, 3.05) is 18.4 Å². The molecule has 1 saturated heterocycles. The van der Waals surface area contributed by atoms with Gasteiger partial charge in [-0.2, -0.15) is 0 Å². The van der Waals surface area contributed by atoms with Gasteiger partial charge in [0.2, 0.25) is 5.91 Å². The van der Waals surface area contributed by atoms with Gasteiger partial charge in [-0.25, -0.2) is 18.7 Å². The first kappa shape index (κ1) is 21.8. The second-order valence-corrected chi connectivity index (χ2v) is 8.03. The van der Waals surface area contributed by atoms with Crippen LogP contribution in [0.4, 0.5) is 14.5 Å². The molecule has 2 amide bonds. The molecule has 1 atom stereocenters. The molecule has 6 nitrogen and oxygen atoms in total. The number of nitrogens with zero attached hydrogens (tertiary/aromatic N) is 3. The zero-order valence-electron chi connectivity index (χ0n) is 16.8. The average Bonchev–Trinajstić information content (AvgIpc) is 2.79. The first-order chi connectivity index (χ1) is 15.3. The van der Waals surface area contributed by atoms with Crippen LogP contribution in [0.15, 0.2) is 67.0 Å². The van der Waals surface area contributed by atoms with Crippen molar-refractivity contribution >= 4 is 29.1 Å². The second-order valence-electron chi connectivity index (χ2n) is 7.59. The fourth-order valence-electron chi connectivity index (χ4n) is 3.63. The van der Waals surface area contributed by atoms with Crippen molar-refractivity contribution in [2.45, 2.75) is 12.3 Å². The van der Waals surface area contributed by atoms with Gasteiger partial charge in [0.1, 0.15) is 0 Å². The van der Waals surface area contributed by atoms with E-state index in [-0.39, 0.29) is 12.1 Å². The van der Waals surface area contributed by atoms with E-state index in [1.54, 1.807) is 67.0 Å². The number of likely N-dealkylation sites (tertiary alicyclic amines) is 1. The molecule has 0 saturated carbocycles. The monoisotopic (exact) mass is 456 g/mol. The molecule has 1 unspecified atom stereocenters. The van der Waals surface area contributed by atoms with Gasteiger partial charge in [-0.3, -0.25) is 9.59 Å². The molecule has 1 aliphatic rings. The first-order valence-electron chi connectivity index (χ1n) is 9.92. The lowest BCUT2D eigenvalue weighted by atomic mass is 9.93. The summed E-state index contributed by atoms with van der Waals surface area (Å²) in [6.45, 7) is -0.859. The molecular formula is C23H19ClF2N4O2. The number of piperidine rings is 1. The molecule has 3 aromatic rings. The maximum absolute atomic E-state index is 14.5. The van der Waals surface area contributed by atoms with Crippen molar-refractivity contribution in [3.05, 3.63) is 77.6 Å². The molecule has 1 N–H and O–H groups in total. The van der Waals surface area contributed by atoms with Gasteiger partial charge in [0, 0.05) is 47.2 Å². The van der Waals surface area contributed by atoms with E-state index in [9.17, 15) is 18.4 Å². The minimum Gasteiger partial charge on any atom is -0.332 e. The van der Waals surface area contributed by atoms with Crippen molar-refractivity contribution in [3.8, 4) is 11.4 Å². The summed E-state index contributed by atoms with van der Waals surface area (Å²) in [6, 6.07) is 14.5. The Morgan fingerprint density at radius 2 is 1.78 bits per heavy atom. The molecule has 1 aromatic heterocycles. The fraction of sp³-hybridized carbons (Fsp3) is 0.217. The summed E-state index contributed by atoms with van der Waals surface area (Å²) < 4.78 is 28.9. The topological polar surface area (TPSA) is 75.2 Å². The van der Waals surface area contributed by atoms with Gasteiger partial charge in [0.05, 0.1) is 12.5 Å². The van der Waals surface area contributed by atoms with Crippen LogP contribution in [0.2, 0.25) is 5.02 Å². The van der Waals surface area contributed by atoms with Gasteiger partial charge in [-0.05, 0) is 42.5 Å². The molecule has 2 heterocycles. The molecule has 0 radical (unpaired) electrons. The summed E-state index contributed by atoms with van der Waals surface area (Å²) in [5.41, 5.74) is 1.27. The molecule has 9 heteroatoms. The fourth-order valence-corrected chi connectivity index (χ4v) is 3.76. The smallest absolute Gasteiger partial charge is 0.266 e. The van der Waals surface area contributed by atoms with Crippen LogP contribution in [0, 0.1) is 5.92 Å². The van der Waals surface area contributed by atoms with Gasteiger partial charge < -0.3 is 10.2 Å². The number of benzene rings is 2. The van der Waals surface area contributed by atoms with E-state index in [0.717, 1.165) is 4.90 Å². The van der Waals surface area contributed by atoms with Crippen molar-refractivity contribution in [3.63, 3.8) is 0 Å². The quantitative estimate of drug-likeness (QED) is 0.625. The van der Waals surface area contributed by atoms with Gasteiger partial charge >= 0.3 is 0 Å². The van der Waals surface area contributed by atoms with E-state index in [2.05, 4.69) is 15.3 Å². The number of aromatic nitrogens is 2. The summed E-state index contributed by atoms with van der Waals surface area (Å²) in [5.74, 6) is -4.97. The van der Waals surface area contributed by atoms with Crippen molar-refractivity contribution in [1.29, 1.82) is 0 Å². The Morgan fingerprint density at radius 1 is 1.06 bits per heavy atom. The van der Waals surface area contributed by atoms with Crippen LogP contribution in [0.3, 0.4) is 0 Å². The highest BCUT2D eigenvalue weighted by molar-refractivity contribution is 6.30. The molecule has 0 spiro atoms.